The van der Waals surface area contributed by atoms with Crippen molar-refractivity contribution in [1.29, 1.82) is 0 Å². The van der Waals surface area contributed by atoms with Gasteiger partial charge in [0.2, 0.25) is 0 Å². The van der Waals surface area contributed by atoms with E-state index in [1.54, 1.807) is 6.21 Å². The Bertz CT molecular complexity index is 303. The molecule has 3 heteroatoms. The molecule has 0 heterocycles. The van der Waals surface area contributed by atoms with Gasteiger partial charge in [-0.2, -0.15) is 0 Å². The van der Waals surface area contributed by atoms with Crippen molar-refractivity contribution >= 4 is 17.6 Å². The van der Waals surface area contributed by atoms with Gasteiger partial charge >= 0.3 is 0 Å². The molecule has 0 radical (unpaired) electrons. The fourth-order valence-electron chi connectivity index (χ4n) is 0.806. The van der Waals surface area contributed by atoms with E-state index in [2.05, 4.69) is 4.40 Å². The van der Waals surface area contributed by atoms with Crippen LogP contribution in [0.15, 0.2) is 34.7 Å². The fraction of sp³-hybridized carbons (Fsp3) is 0.364. The van der Waals surface area contributed by atoms with Gasteiger partial charge in [0, 0.05) is 0 Å². The zero-order chi connectivity index (χ0) is 10.6. The summed E-state index contributed by atoms with van der Waals surface area (Å²) in [5, 5.41) is 0. The molecule has 0 bridgehead atoms. The second-order valence-corrected chi connectivity index (χ2v) is 5.94. The summed E-state index contributed by atoms with van der Waals surface area (Å²) in [5.74, 6) is 0. The van der Waals surface area contributed by atoms with Crippen molar-refractivity contribution in [2.24, 2.45) is 4.40 Å². The Morgan fingerprint density at radius 3 is 2.29 bits per heavy atom. The normalized spacial score (nSPS) is 14.6. The standard InChI is InChI=1S/C11H15NOS/c1-11(2,3)14(13)12-9-10-7-5-4-6-8-10/h4-9H,1-3H3/b12-9+/t14-/m0/s1. The molecular weight excluding hydrogens is 194 g/mol. The fourth-order valence-corrected chi connectivity index (χ4v) is 1.34. The zero-order valence-electron chi connectivity index (χ0n) is 8.73. The van der Waals surface area contributed by atoms with Gasteiger partial charge in [-0.05, 0) is 26.3 Å². The molecule has 14 heavy (non-hydrogen) atoms. The van der Waals surface area contributed by atoms with Gasteiger partial charge in [0.15, 0.2) is 0 Å². The molecule has 0 saturated heterocycles. The maximum absolute atomic E-state index is 11.6. The molecule has 0 aromatic heterocycles. The highest BCUT2D eigenvalue weighted by atomic mass is 32.2. The summed E-state index contributed by atoms with van der Waals surface area (Å²) in [4.78, 5) is 0. The SMILES string of the molecule is CC(C)(C)[S@+]([O-])/N=C/c1ccccc1. The predicted octanol–water partition coefficient (Wildman–Crippen LogP) is 2.57. The van der Waals surface area contributed by atoms with Crippen LogP contribution in [0.1, 0.15) is 26.3 Å². The summed E-state index contributed by atoms with van der Waals surface area (Å²) in [5.41, 5.74) is 0.977. The molecule has 0 aliphatic heterocycles. The number of benzene rings is 1. The molecule has 1 aromatic carbocycles. The average molecular weight is 209 g/mol. The Morgan fingerprint density at radius 1 is 1.21 bits per heavy atom. The van der Waals surface area contributed by atoms with Crippen molar-refractivity contribution < 1.29 is 4.55 Å². The number of hydrogen-bond acceptors (Lipinski definition) is 2. The van der Waals surface area contributed by atoms with Gasteiger partial charge in [-0.15, -0.1) is 0 Å². The van der Waals surface area contributed by atoms with E-state index in [-0.39, 0.29) is 4.75 Å². The first-order valence-electron chi connectivity index (χ1n) is 4.51. The summed E-state index contributed by atoms with van der Waals surface area (Å²) in [6, 6.07) is 9.67. The molecule has 0 amide bonds. The highest BCUT2D eigenvalue weighted by Crippen LogP contribution is 2.16. The first-order valence-corrected chi connectivity index (χ1v) is 5.62. The smallest absolute Gasteiger partial charge is 0.144 e. The Hall–Kier alpha value is -0.800. The highest BCUT2D eigenvalue weighted by molar-refractivity contribution is 7.91. The van der Waals surface area contributed by atoms with Gasteiger partial charge in [0.05, 0.1) is 6.21 Å². The molecule has 76 valence electrons. The van der Waals surface area contributed by atoms with E-state index in [1.807, 2.05) is 51.1 Å². The largest absolute Gasteiger partial charge is 0.591 e. The number of hydrogen-bond donors (Lipinski definition) is 0. The summed E-state index contributed by atoms with van der Waals surface area (Å²) in [7, 11) is 0. The topological polar surface area (TPSA) is 35.4 Å². The highest BCUT2D eigenvalue weighted by Gasteiger charge is 2.25. The van der Waals surface area contributed by atoms with E-state index in [9.17, 15) is 4.55 Å². The summed E-state index contributed by atoms with van der Waals surface area (Å²) < 4.78 is 15.3. The molecule has 0 spiro atoms. The Balaban J connectivity index is 2.66. The van der Waals surface area contributed by atoms with Gasteiger partial charge in [0.1, 0.15) is 16.1 Å². The lowest BCUT2D eigenvalue weighted by Gasteiger charge is -2.17. The van der Waals surface area contributed by atoms with Gasteiger partial charge in [-0.3, -0.25) is 0 Å². The quantitative estimate of drug-likeness (QED) is 0.544. The van der Waals surface area contributed by atoms with Crippen LogP contribution in [-0.2, 0) is 11.4 Å². The maximum Gasteiger partial charge on any atom is 0.144 e. The van der Waals surface area contributed by atoms with Crippen LogP contribution in [0.3, 0.4) is 0 Å². The van der Waals surface area contributed by atoms with E-state index in [1.165, 1.54) is 0 Å². The minimum Gasteiger partial charge on any atom is -0.591 e. The third-order valence-electron chi connectivity index (χ3n) is 1.62. The number of rotatable bonds is 2. The molecule has 1 aromatic rings. The second kappa shape index (κ2) is 4.62. The summed E-state index contributed by atoms with van der Waals surface area (Å²) in [6.45, 7) is 5.72. The van der Waals surface area contributed by atoms with Crippen molar-refractivity contribution in [3.63, 3.8) is 0 Å². The lowest BCUT2D eigenvalue weighted by molar-refractivity contribution is 0.562. The van der Waals surface area contributed by atoms with Crippen molar-refractivity contribution in [1.82, 2.24) is 0 Å². The number of nitrogens with zero attached hydrogens (tertiary/aromatic N) is 1. The lowest BCUT2D eigenvalue weighted by Crippen LogP contribution is -2.25. The van der Waals surface area contributed by atoms with E-state index in [4.69, 9.17) is 0 Å². The van der Waals surface area contributed by atoms with E-state index in [0.717, 1.165) is 5.56 Å². The van der Waals surface area contributed by atoms with Crippen LogP contribution in [0, 0.1) is 0 Å². The van der Waals surface area contributed by atoms with Crippen LogP contribution in [0.4, 0.5) is 0 Å². The lowest BCUT2D eigenvalue weighted by atomic mass is 10.2. The first kappa shape index (κ1) is 11.3. The van der Waals surface area contributed by atoms with Gasteiger partial charge in [0.25, 0.3) is 0 Å². The third-order valence-corrected chi connectivity index (χ3v) is 2.97. The molecule has 0 fully saturated rings. The molecule has 2 nitrogen and oxygen atoms in total. The van der Waals surface area contributed by atoms with Gasteiger partial charge < -0.3 is 4.55 Å². The van der Waals surface area contributed by atoms with Crippen molar-refractivity contribution in [2.75, 3.05) is 0 Å². The van der Waals surface area contributed by atoms with Gasteiger partial charge in [-0.1, -0.05) is 34.7 Å². The Labute approximate surface area is 88.4 Å². The maximum atomic E-state index is 11.6. The molecule has 0 unspecified atom stereocenters. The van der Waals surface area contributed by atoms with Crippen LogP contribution in [-0.4, -0.2) is 15.5 Å². The molecule has 1 rings (SSSR count). The summed E-state index contributed by atoms with van der Waals surface area (Å²) >= 11 is -1.17. The Morgan fingerprint density at radius 2 is 1.79 bits per heavy atom. The Kier molecular flexibility index (Phi) is 3.72. The first-order chi connectivity index (χ1) is 6.50. The van der Waals surface area contributed by atoms with Crippen molar-refractivity contribution in [3.05, 3.63) is 35.9 Å². The van der Waals surface area contributed by atoms with E-state index < -0.39 is 11.4 Å². The minimum absolute atomic E-state index is 0.286. The van der Waals surface area contributed by atoms with Crippen LogP contribution in [0.5, 0.6) is 0 Å². The molecule has 0 saturated carbocycles. The van der Waals surface area contributed by atoms with Crippen LogP contribution in [0.25, 0.3) is 0 Å². The zero-order valence-corrected chi connectivity index (χ0v) is 9.54. The van der Waals surface area contributed by atoms with Crippen molar-refractivity contribution in [2.45, 2.75) is 25.5 Å². The molecular formula is C11H15NOS. The average Bonchev–Trinajstić information content (AvgIpc) is 2.14. The minimum atomic E-state index is -1.17. The van der Waals surface area contributed by atoms with Gasteiger partial charge in [-0.25, -0.2) is 0 Å². The van der Waals surface area contributed by atoms with Crippen molar-refractivity contribution in [3.8, 4) is 0 Å². The van der Waals surface area contributed by atoms with Crippen LogP contribution in [0.2, 0.25) is 0 Å². The molecule has 1 atom stereocenters. The monoisotopic (exact) mass is 209 g/mol. The molecule has 0 N–H and O–H groups in total. The third kappa shape index (κ3) is 3.52. The second-order valence-electron chi connectivity index (χ2n) is 4.01. The van der Waals surface area contributed by atoms with E-state index in [0.29, 0.717) is 0 Å². The predicted molar refractivity (Wildman–Crippen MR) is 61.9 cm³/mol. The molecule has 0 aliphatic rings. The van der Waals surface area contributed by atoms with E-state index >= 15 is 0 Å². The summed E-state index contributed by atoms with van der Waals surface area (Å²) in [6.07, 6.45) is 1.65. The van der Waals surface area contributed by atoms with Crippen LogP contribution >= 0.6 is 0 Å². The molecule has 0 aliphatic carbocycles. The van der Waals surface area contributed by atoms with Crippen LogP contribution < -0.4 is 0 Å².